The van der Waals surface area contributed by atoms with Crippen LogP contribution < -0.4 is 10.6 Å². The van der Waals surface area contributed by atoms with Gasteiger partial charge in [-0.2, -0.15) is 0 Å². The van der Waals surface area contributed by atoms with Crippen molar-refractivity contribution in [3.05, 3.63) is 36.1 Å². The fourth-order valence-corrected chi connectivity index (χ4v) is 2.05. The number of nitrogens with zero attached hydrogens (tertiary/aromatic N) is 1. The summed E-state index contributed by atoms with van der Waals surface area (Å²) >= 11 is 0. The molecule has 0 saturated heterocycles. The van der Waals surface area contributed by atoms with Crippen LogP contribution in [0.4, 0.5) is 0 Å². The average Bonchev–Trinajstić information content (AvgIpc) is 2.90. The van der Waals surface area contributed by atoms with Gasteiger partial charge in [0.2, 0.25) is 0 Å². The minimum atomic E-state index is 0.625. The summed E-state index contributed by atoms with van der Waals surface area (Å²) in [5, 5.41) is 7.65. The maximum Gasteiger partial charge on any atom is 0.191 e. The maximum atomic E-state index is 5.79. The number of para-hydroxylation sites is 1. The van der Waals surface area contributed by atoms with Crippen molar-refractivity contribution in [1.29, 1.82) is 0 Å². The predicted molar refractivity (Wildman–Crippen MR) is 85.8 cm³/mol. The second kappa shape index (κ2) is 8.32. The third-order valence-electron chi connectivity index (χ3n) is 3.05. The highest BCUT2D eigenvalue weighted by Gasteiger charge is 2.03. The largest absolute Gasteiger partial charge is 0.461 e. The van der Waals surface area contributed by atoms with E-state index in [0.29, 0.717) is 13.2 Å². The van der Waals surface area contributed by atoms with Crippen LogP contribution in [0.15, 0.2) is 39.7 Å². The van der Waals surface area contributed by atoms with Crippen LogP contribution in [0.2, 0.25) is 0 Å². The Bertz CT molecular complexity index is 545. The van der Waals surface area contributed by atoms with Crippen molar-refractivity contribution >= 4 is 16.9 Å². The SMILES string of the molecule is CCNC(=NCCOC)NCCc1cc2ccccc2o1. The predicted octanol–water partition coefficient (Wildman–Crippen LogP) is 2.18. The normalized spacial score (nSPS) is 11.8. The Morgan fingerprint density at radius 3 is 2.90 bits per heavy atom. The van der Waals surface area contributed by atoms with E-state index in [1.165, 1.54) is 0 Å². The summed E-state index contributed by atoms with van der Waals surface area (Å²) in [5.74, 6) is 1.79. The molecule has 114 valence electrons. The van der Waals surface area contributed by atoms with Crippen LogP contribution in [0.5, 0.6) is 0 Å². The molecule has 1 aromatic heterocycles. The molecule has 2 rings (SSSR count). The second-order valence-corrected chi connectivity index (χ2v) is 4.68. The lowest BCUT2D eigenvalue weighted by Gasteiger charge is -2.10. The molecule has 0 amide bonds. The van der Waals surface area contributed by atoms with Crippen LogP contribution >= 0.6 is 0 Å². The topological polar surface area (TPSA) is 58.8 Å². The lowest BCUT2D eigenvalue weighted by Crippen LogP contribution is -2.38. The smallest absolute Gasteiger partial charge is 0.191 e. The highest BCUT2D eigenvalue weighted by molar-refractivity contribution is 5.80. The average molecular weight is 289 g/mol. The van der Waals surface area contributed by atoms with Gasteiger partial charge in [0.05, 0.1) is 13.2 Å². The maximum absolute atomic E-state index is 5.79. The minimum Gasteiger partial charge on any atom is -0.461 e. The van der Waals surface area contributed by atoms with Gasteiger partial charge in [-0.05, 0) is 19.1 Å². The molecule has 21 heavy (non-hydrogen) atoms. The van der Waals surface area contributed by atoms with Crippen molar-refractivity contribution < 1.29 is 9.15 Å². The molecule has 0 bridgehead atoms. The molecule has 0 atom stereocenters. The highest BCUT2D eigenvalue weighted by Crippen LogP contribution is 2.18. The van der Waals surface area contributed by atoms with Crippen molar-refractivity contribution in [1.82, 2.24) is 10.6 Å². The standard InChI is InChI=1S/C16H23N3O2/c1-3-17-16(19-10-11-20-2)18-9-8-14-12-13-6-4-5-7-15(13)21-14/h4-7,12H,3,8-11H2,1-2H3,(H2,17,18,19). The lowest BCUT2D eigenvalue weighted by atomic mass is 10.2. The summed E-state index contributed by atoms with van der Waals surface area (Å²) < 4.78 is 10.8. The molecule has 0 spiro atoms. The molecule has 0 aliphatic carbocycles. The highest BCUT2D eigenvalue weighted by atomic mass is 16.5. The molecule has 0 radical (unpaired) electrons. The summed E-state index contributed by atoms with van der Waals surface area (Å²) in [6.07, 6.45) is 0.823. The quantitative estimate of drug-likeness (QED) is 0.466. The van der Waals surface area contributed by atoms with E-state index in [-0.39, 0.29) is 0 Å². The van der Waals surface area contributed by atoms with E-state index >= 15 is 0 Å². The van der Waals surface area contributed by atoms with Gasteiger partial charge in [0, 0.05) is 32.0 Å². The van der Waals surface area contributed by atoms with E-state index in [0.717, 1.165) is 42.2 Å². The number of hydrogen-bond acceptors (Lipinski definition) is 3. The summed E-state index contributed by atoms with van der Waals surface area (Å²) in [6, 6.07) is 10.1. The molecule has 2 aromatic rings. The number of rotatable bonds is 7. The monoisotopic (exact) mass is 289 g/mol. The molecule has 0 fully saturated rings. The molecule has 5 heteroatoms. The van der Waals surface area contributed by atoms with Gasteiger partial charge in [-0.1, -0.05) is 18.2 Å². The molecular formula is C16H23N3O2. The van der Waals surface area contributed by atoms with Crippen LogP contribution in [0.3, 0.4) is 0 Å². The number of benzene rings is 1. The Morgan fingerprint density at radius 2 is 2.14 bits per heavy atom. The molecule has 0 unspecified atom stereocenters. The Kier molecular flexibility index (Phi) is 6.09. The summed E-state index contributed by atoms with van der Waals surface area (Å²) in [4.78, 5) is 4.42. The van der Waals surface area contributed by atoms with Crippen molar-refractivity contribution in [2.24, 2.45) is 4.99 Å². The first-order chi connectivity index (χ1) is 10.3. The first-order valence-electron chi connectivity index (χ1n) is 7.32. The van der Waals surface area contributed by atoms with Crippen molar-refractivity contribution in [3.63, 3.8) is 0 Å². The van der Waals surface area contributed by atoms with E-state index < -0.39 is 0 Å². The second-order valence-electron chi connectivity index (χ2n) is 4.68. The van der Waals surface area contributed by atoms with Crippen LogP contribution in [0.25, 0.3) is 11.0 Å². The van der Waals surface area contributed by atoms with Gasteiger partial charge in [-0.3, -0.25) is 4.99 Å². The van der Waals surface area contributed by atoms with Crippen LogP contribution in [0.1, 0.15) is 12.7 Å². The summed E-state index contributed by atoms with van der Waals surface area (Å²) in [5.41, 5.74) is 0.938. The van der Waals surface area contributed by atoms with Gasteiger partial charge in [-0.15, -0.1) is 0 Å². The Balaban J connectivity index is 1.84. The molecule has 2 N–H and O–H groups in total. The molecule has 1 aromatic carbocycles. The first kappa shape index (κ1) is 15.4. The van der Waals surface area contributed by atoms with E-state index in [1.807, 2.05) is 25.1 Å². The fourth-order valence-electron chi connectivity index (χ4n) is 2.05. The van der Waals surface area contributed by atoms with Gasteiger partial charge in [0.25, 0.3) is 0 Å². The van der Waals surface area contributed by atoms with Gasteiger partial charge in [0.1, 0.15) is 11.3 Å². The molecule has 0 saturated carbocycles. The number of fused-ring (bicyclic) bond motifs is 1. The number of furan rings is 1. The number of ether oxygens (including phenoxy) is 1. The van der Waals surface area contributed by atoms with Crippen molar-refractivity contribution in [2.45, 2.75) is 13.3 Å². The Morgan fingerprint density at radius 1 is 1.29 bits per heavy atom. The number of nitrogens with one attached hydrogen (secondary N) is 2. The zero-order valence-electron chi connectivity index (χ0n) is 12.7. The fraction of sp³-hybridized carbons (Fsp3) is 0.438. The zero-order chi connectivity index (χ0) is 14.9. The van der Waals surface area contributed by atoms with E-state index in [4.69, 9.17) is 9.15 Å². The van der Waals surface area contributed by atoms with Gasteiger partial charge < -0.3 is 19.8 Å². The Labute approximate surface area is 125 Å². The third kappa shape index (κ3) is 4.79. The zero-order valence-corrected chi connectivity index (χ0v) is 12.7. The minimum absolute atomic E-state index is 0.625. The third-order valence-corrected chi connectivity index (χ3v) is 3.05. The van der Waals surface area contributed by atoms with Crippen molar-refractivity contribution in [2.75, 3.05) is 33.4 Å². The number of guanidine groups is 1. The number of hydrogen-bond donors (Lipinski definition) is 2. The Hall–Kier alpha value is -2.01. The van der Waals surface area contributed by atoms with E-state index in [1.54, 1.807) is 7.11 Å². The molecule has 1 heterocycles. The summed E-state index contributed by atoms with van der Waals surface area (Å²) in [6.45, 7) is 4.94. The first-order valence-corrected chi connectivity index (χ1v) is 7.32. The lowest BCUT2D eigenvalue weighted by molar-refractivity contribution is 0.208. The van der Waals surface area contributed by atoms with Crippen LogP contribution in [-0.4, -0.2) is 39.3 Å². The molecule has 0 aliphatic heterocycles. The van der Waals surface area contributed by atoms with Gasteiger partial charge >= 0.3 is 0 Å². The molecular weight excluding hydrogens is 266 g/mol. The number of methoxy groups -OCH3 is 1. The van der Waals surface area contributed by atoms with Gasteiger partial charge in [-0.25, -0.2) is 0 Å². The van der Waals surface area contributed by atoms with E-state index in [2.05, 4.69) is 27.8 Å². The van der Waals surface area contributed by atoms with Crippen LogP contribution in [-0.2, 0) is 11.2 Å². The van der Waals surface area contributed by atoms with Gasteiger partial charge in [0.15, 0.2) is 5.96 Å². The molecule has 5 nitrogen and oxygen atoms in total. The number of aliphatic imine (C=N–C) groups is 1. The summed E-state index contributed by atoms with van der Waals surface area (Å²) in [7, 11) is 1.68. The van der Waals surface area contributed by atoms with E-state index in [9.17, 15) is 0 Å². The molecule has 0 aliphatic rings. The van der Waals surface area contributed by atoms with Crippen molar-refractivity contribution in [3.8, 4) is 0 Å². The van der Waals surface area contributed by atoms with Crippen LogP contribution in [0, 0.1) is 0 Å².